The van der Waals surface area contributed by atoms with Crippen molar-refractivity contribution in [2.75, 3.05) is 0 Å². The number of halogens is 1. The Hall–Kier alpha value is -0.505. The van der Waals surface area contributed by atoms with E-state index in [4.69, 9.17) is 19.4 Å². The molecule has 0 radical (unpaired) electrons. The van der Waals surface area contributed by atoms with Gasteiger partial charge in [0.25, 0.3) is 0 Å². The van der Waals surface area contributed by atoms with E-state index in [1.165, 1.54) is 0 Å². The van der Waals surface area contributed by atoms with Crippen molar-refractivity contribution in [3.05, 3.63) is 28.8 Å². The van der Waals surface area contributed by atoms with E-state index in [0.29, 0.717) is 10.5 Å². The van der Waals surface area contributed by atoms with Crippen LogP contribution >= 0.6 is 11.6 Å². The summed E-state index contributed by atoms with van der Waals surface area (Å²) in [6.07, 6.45) is 0. The van der Waals surface area contributed by atoms with E-state index in [1.54, 1.807) is 6.07 Å². The number of benzene rings is 1. The zero-order chi connectivity index (χ0) is 6.85. The Bertz CT molecular complexity index is 228. The third-order valence-corrected chi connectivity index (χ3v) is 1.48. The second kappa shape index (κ2) is 5.19. The molecule has 0 amide bonds. The van der Waals surface area contributed by atoms with Gasteiger partial charge in [-0.25, -0.2) is 0 Å². The molecule has 2 N–H and O–H groups in total. The molecule has 0 saturated carbocycles. The summed E-state index contributed by atoms with van der Waals surface area (Å²) in [5.41, 5.74) is 1.77. The van der Waals surface area contributed by atoms with Crippen LogP contribution in [-0.4, -0.2) is 18.8 Å². The first-order chi connectivity index (χ1) is 4.20. The maximum Gasteiger partial charge on any atom is -0.870 e. The van der Waals surface area contributed by atoms with Crippen molar-refractivity contribution in [2.24, 2.45) is 0 Å². The molecule has 0 aliphatic heterocycles. The van der Waals surface area contributed by atoms with E-state index < -0.39 is 0 Å². The zero-order valence-corrected chi connectivity index (χ0v) is 6.84. The largest absolute Gasteiger partial charge is 0.870 e. The Morgan fingerprint density at radius 2 is 1.82 bits per heavy atom. The molecular weight excluding hydrogens is 162 g/mol. The van der Waals surface area contributed by atoms with Crippen molar-refractivity contribution in [1.29, 1.82) is 0 Å². The molecule has 11 heavy (non-hydrogen) atoms. The topological polar surface area (TPSA) is 60.0 Å². The molecule has 0 heterocycles. The Morgan fingerprint density at radius 3 is 2.18 bits per heavy atom. The van der Waals surface area contributed by atoms with Crippen LogP contribution in [0.15, 0.2) is 18.2 Å². The van der Waals surface area contributed by atoms with E-state index >= 15 is 0 Å². The fraction of sp³-hybridized carbons (Fsp3) is 0.143. The van der Waals surface area contributed by atoms with E-state index in [9.17, 15) is 0 Å². The minimum absolute atomic E-state index is 0. The molecule has 0 saturated heterocycles. The van der Waals surface area contributed by atoms with Gasteiger partial charge < -0.3 is 11.0 Å². The van der Waals surface area contributed by atoms with Crippen LogP contribution < -0.4 is 5.46 Å². The quantitative estimate of drug-likeness (QED) is 0.547. The smallest absolute Gasteiger partial charge is 0.870 e. The van der Waals surface area contributed by atoms with Crippen molar-refractivity contribution >= 4 is 24.9 Å². The van der Waals surface area contributed by atoms with E-state index in [0.717, 1.165) is 5.56 Å². The van der Waals surface area contributed by atoms with Gasteiger partial charge in [-0.2, -0.15) is 0 Å². The molecule has 58 valence electrons. The Labute approximate surface area is 72.2 Å². The molecule has 0 aromatic heterocycles. The van der Waals surface area contributed by atoms with Crippen molar-refractivity contribution < 1.29 is 11.0 Å². The van der Waals surface area contributed by atoms with Crippen LogP contribution in [0.5, 0.6) is 0 Å². The van der Waals surface area contributed by atoms with Gasteiger partial charge in [0, 0.05) is 0 Å². The van der Waals surface area contributed by atoms with Gasteiger partial charge in [0.2, 0.25) is 0 Å². The molecular formula is C7H8BClO2. The molecule has 0 unspecified atom stereocenters. The monoisotopic (exact) mass is 170 g/mol. The van der Waals surface area contributed by atoms with Crippen molar-refractivity contribution in [2.45, 2.75) is 6.92 Å². The van der Waals surface area contributed by atoms with Crippen LogP contribution in [0, 0.1) is 6.92 Å². The molecule has 0 spiro atoms. The SMILES string of the molecule is [B+2]c1ccc(C)cc1Cl.[OH-].[OH-]. The first-order valence-electron chi connectivity index (χ1n) is 2.72. The third-order valence-electron chi connectivity index (χ3n) is 1.16. The van der Waals surface area contributed by atoms with Gasteiger partial charge in [-0.15, -0.1) is 0 Å². The van der Waals surface area contributed by atoms with Gasteiger partial charge in [-0.05, 0) is 0 Å². The number of hydrogen-bond donors (Lipinski definition) is 0. The van der Waals surface area contributed by atoms with Crippen LogP contribution in [0.2, 0.25) is 5.02 Å². The summed E-state index contributed by atoms with van der Waals surface area (Å²) in [5, 5.41) is 0.634. The summed E-state index contributed by atoms with van der Waals surface area (Å²) in [5.74, 6) is 0. The predicted molar refractivity (Wildman–Crippen MR) is 45.4 cm³/mol. The molecule has 0 aliphatic rings. The Morgan fingerprint density at radius 1 is 1.27 bits per heavy atom. The first-order valence-corrected chi connectivity index (χ1v) is 3.09. The molecule has 1 rings (SSSR count). The second-order valence-corrected chi connectivity index (χ2v) is 2.43. The molecule has 1 aromatic rings. The molecule has 0 bridgehead atoms. The first kappa shape index (κ1) is 13.1. The maximum absolute atomic E-state index is 5.69. The van der Waals surface area contributed by atoms with Gasteiger partial charge >= 0.3 is 60.6 Å². The predicted octanol–water partition coefficient (Wildman–Crippen LogP) is 1.09. The van der Waals surface area contributed by atoms with Crippen molar-refractivity contribution in [3.63, 3.8) is 0 Å². The number of rotatable bonds is 0. The van der Waals surface area contributed by atoms with Crippen LogP contribution in [0.25, 0.3) is 0 Å². The zero-order valence-electron chi connectivity index (χ0n) is 6.08. The van der Waals surface area contributed by atoms with Gasteiger partial charge in [0.05, 0.1) is 0 Å². The van der Waals surface area contributed by atoms with Crippen LogP contribution in [-0.2, 0) is 0 Å². The van der Waals surface area contributed by atoms with E-state index in [1.807, 2.05) is 19.1 Å². The molecule has 0 fully saturated rings. The molecule has 1 aromatic carbocycles. The summed E-state index contributed by atoms with van der Waals surface area (Å²) in [4.78, 5) is 0. The van der Waals surface area contributed by atoms with E-state index in [-0.39, 0.29) is 11.0 Å². The van der Waals surface area contributed by atoms with Crippen LogP contribution in [0.3, 0.4) is 0 Å². The molecule has 0 aliphatic carbocycles. The fourth-order valence-electron chi connectivity index (χ4n) is 0.632. The maximum atomic E-state index is 5.69. The Kier molecular flexibility index (Phi) is 6.18. The van der Waals surface area contributed by atoms with Gasteiger partial charge in [-0.1, -0.05) is 0 Å². The van der Waals surface area contributed by atoms with Crippen molar-refractivity contribution in [1.82, 2.24) is 0 Å². The number of aryl methyl sites for hydroxylation is 1. The van der Waals surface area contributed by atoms with Gasteiger partial charge in [-0.3, -0.25) is 0 Å². The molecule has 0 atom stereocenters. The minimum atomic E-state index is 0. The average molecular weight is 170 g/mol. The number of hydrogen-bond acceptors (Lipinski definition) is 2. The molecule has 4 heteroatoms. The second-order valence-electron chi connectivity index (χ2n) is 2.02. The molecule has 2 nitrogen and oxygen atoms in total. The standard InChI is InChI=1S/C7H6BCl.2H2O/c1-5-2-3-6(8)7(9)4-5;;/h2-4H,1H3;2*1H2/q+2;;/p-2. The van der Waals surface area contributed by atoms with Gasteiger partial charge in [0.1, 0.15) is 0 Å². The average Bonchev–Trinajstić information content (AvgIpc) is 1.80. The Balaban J connectivity index is 0. The summed E-state index contributed by atoms with van der Waals surface area (Å²) in [7, 11) is 5.46. The third kappa shape index (κ3) is 3.42. The fourth-order valence-corrected chi connectivity index (χ4v) is 0.867. The van der Waals surface area contributed by atoms with Crippen molar-refractivity contribution in [3.8, 4) is 0 Å². The summed E-state index contributed by atoms with van der Waals surface area (Å²) >= 11 is 5.69. The van der Waals surface area contributed by atoms with Gasteiger partial charge in [0.15, 0.2) is 0 Å². The summed E-state index contributed by atoms with van der Waals surface area (Å²) in [6.45, 7) is 1.98. The summed E-state index contributed by atoms with van der Waals surface area (Å²) in [6, 6.07) is 5.58. The van der Waals surface area contributed by atoms with E-state index in [2.05, 4.69) is 0 Å². The van der Waals surface area contributed by atoms with Crippen LogP contribution in [0.4, 0.5) is 0 Å². The summed E-state index contributed by atoms with van der Waals surface area (Å²) < 4.78 is 0. The van der Waals surface area contributed by atoms with Crippen LogP contribution in [0.1, 0.15) is 5.56 Å². The minimum Gasteiger partial charge on any atom is -0.870 e. The normalized spacial score (nSPS) is 8.00.